The van der Waals surface area contributed by atoms with Crippen molar-refractivity contribution >= 4 is 17.5 Å². The highest BCUT2D eigenvalue weighted by atomic mass is 35.5. The van der Waals surface area contributed by atoms with Gasteiger partial charge in [0.05, 0.1) is 11.2 Å². The molecule has 0 radical (unpaired) electrons. The maximum Gasteiger partial charge on any atom is 0.253 e. The van der Waals surface area contributed by atoms with Crippen molar-refractivity contribution in [2.75, 3.05) is 7.05 Å². The summed E-state index contributed by atoms with van der Waals surface area (Å²) in [6.45, 7) is 4.84. The van der Waals surface area contributed by atoms with Crippen molar-refractivity contribution < 1.29 is 9.53 Å². The summed E-state index contributed by atoms with van der Waals surface area (Å²) in [4.78, 5) is 14.5. The third kappa shape index (κ3) is 4.54. The first-order chi connectivity index (χ1) is 13.3. The Labute approximate surface area is 170 Å². The van der Waals surface area contributed by atoms with Crippen molar-refractivity contribution in [3.63, 3.8) is 0 Å². The number of carbonyl (C=O) groups is 1. The molecule has 0 unspecified atom stereocenters. The van der Waals surface area contributed by atoms with Crippen molar-refractivity contribution in [2.24, 2.45) is 7.05 Å². The monoisotopic (exact) mass is 397 g/mol. The van der Waals surface area contributed by atoms with Crippen molar-refractivity contribution in [3.05, 3.63) is 81.6 Å². The Kier molecular flexibility index (Phi) is 6.05. The molecule has 3 aromatic rings. The Morgan fingerprint density at radius 2 is 2.00 bits per heavy atom. The van der Waals surface area contributed by atoms with E-state index < -0.39 is 0 Å². The second kappa shape index (κ2) is 8.48. The summed E-state index contributed by atoms with van der Waals surface area (Å²) in [5.74, 6) is 0.598. The molecule has 0 N–H and O–H groups in total. The summed E-state index contributed by atoms with van der Waals surface area (Å²) in [7, 11) is 3.69. The molecule has 146 valence electrons. The SMILES string of the molecule is Cc1ccc(Cl)c(OCc2cccc(C(=O)N(C)Cc3cnn(C)c3C)c2)c1. The fourth-order valence-electron chi connectivity index (χ4n) is 2.92. The van der Waals surface area contributed by atoms with E-state index in [1.54, 1.807) is 18.1 Å². The van der Waals surface area contributed by atoms with Crippen LogP contribution in [0.4, 0.5) is 0 Å². The lowest BCUT2D eigenvalue weighted by atomic mass is 10.1. The van der Waals surface area contributed by atoms with Crippen molar-refractivity contribution in [1.82, 2.24) is 14.7 Å². The van der Waals surface area contributed by atoms with Crippen LogP contribution in [0.1, 0.15) is 32.7 Å². The van der Waals surface area contributed by atoms with Gasteiger partial charge in [-0.25, -0.2) is 0 Å². The molecule has 1 amide bonds. The van der Waals surface area contributed by atoms with E-state index in [1.807, 2.05) is 68.0 Å². The minimum Gasteiger partial charge on any atom is -0.487 e. The van der Waals surface area contributed by atoms with Crippen LogP contribution in [0.5, 0.6) is 5.75 Å². The fourth-order valence-corrected chi connectivity index (χ4v) is 3.10. The summed E-state index contributed by atoms with van der Waals surface area (Å²) < 4.78 is 7.65. The average Bonchev–Trinajstić information content (AvgIpc) is 3.00. The van der Waals surface area contributed by atoms with E-state index in [0.29, 0.717) is 29.5 Å². The summed E-state index contributed by atoms with van der Waals surface area (Å²) in [6, 6.07) is 13.1. The van der Waals surface area contributed by atoms with Gasteiger partial charge in [0, 0.05) is 37.5 Å². The highest BCUT2D eigenvalue weighted by molar-refractivity contribution is 6.32. The zero-order chi connectivity index (χ0) is 20.3. The van der Waals surface area contributed by atoms with Gasteiger partial charge in [0.25, 0.3) is 5.91 Å². The molecule has 0 aliphatic heterocycles. The zero-order valence-electron chi connectivity index (χ0n) is 16.6. The number of nitrogens with zero attached hydrogens (tertiary/aromatic N) is 3. The minimum absolute atomic E-state index is 0.0429. The molecular formula is C22H24ClN3O2. The van der Waals surface area contributed by atoms with Crippen molar-refractivity contribution in [3.8, 4) is 5.75 Å². The summed E-state index contributed by atoms with van der Waals surface area (Å²) in [6.07, 6.45) is 1.80. The van der Waals surface area contributed by atoms with Crippen LogP contribution < -0.4 is 4.74 Å². The largest absolute Gasteiger partial charge is 0.487 e. The van der Waals surface area contributed by atoms with Gasteiger partial charge in [-0.2, -0.15) is 5.10 Å². The molecule has 2 aromatic carbocycles. The van der Waals surface area contributed by atoms with Gasteiger partial charge in [-0.05, 0) is 49.2 Å². The van der Waals surface area contributed by atoms with Crippen molar-refractivity contribution in [1.29, 1.82) is 0 Å². The van der Waals surface area contributed by atoms with E-state index >= 15 is 0 Å². The lowest BCUT2D eigenvalue weighted by Crippen LogP contribution is -2.26. The number of rotatable bonds is 6. The molecule has 0 bridgehead atoms. The number of aryl methyl sites for hydroxylation is 2. The van der Waals surface area contributed by atoms with Gasteiger partial charge < -0.3 is 9.64 Å². The molecule has 0 saturated heterocycles. The number of benzene rings is 2. The standard InChI is InChI=1S/C22H24ClN3O2/c1-15-8-9-20(23)21(10-15)28-14-17-6-5-7-18(11-17)22(27)25(3)13-19-12-24-26(4)16(19)2/h5-12H,13-14H2,1-4H3. The summed E-state index contributed by atoms with van der Waals surface area (Å²) in [5.41, 5.74) is 4.70. The maximum atomic E-state index is 12.8. The molecule has 0 fully saturated rings. The number of halogens is 1. The Hall–Kier alpha value is -2.79. The molecule has 5 nitrogen and oxygen atoms in total. The molecule has 0 atom stereocenters. The molecule has 28 heavy (non-hydrogen) atoms. The highest BCUT2D eigenvalue weighted by Gasteiger charge is 2.15. The lowest BCUT2D eigenvalue weighted by Gasteiger charge is -2.17. The van der Waals surface area contributed by atoms with Crippen LogP contribution in [-0.2, 0) is 20.2 Å². The fraction of sp³-hybridized carbons (Fsp3) is 0.273. The molecule has 0 saturated carbocycles. The Balaban J connectivity index is 1.68. The van der Waals surface area contributed by atoms with Gasteiger partial charge in [-0.15, -0.1) is 0 Å². The molecule has 0 spiro atoms. The third-order valence-corrected chi connectivity index (χ3v) is 5.06. The smallest absolute Gasteiger partial charge is 0.253 e. The highest BCUT2D eigenvalue weighted by Crippen LogP contribution is 2.26. The van der Waals surface area contributed by atoms with Gasteiger partial charge in [-0.1, -0.05) is 29.8 Å². The van der Waals surface area contributed by atoms with Crippen LogP contribution in [0.3, 0.4) is 0 Å². The van der Waals surface area contributed by atoms with Crippen LogP contribution in [0, 0.1) is 13.8 Å². The van der Waals surface area contributed by atoms with Crippen LogP contribution in [0.2, 0.25) is 5.02 Å². The molecule has 0 aliphatic rings. The topological polar surface area (TPSA) is 47.4 Å². The number of aromatic nitrogens is 2. The summed E-state index contributed by atoms with van der Waals surface area (Å²) in [5, 5.41) is 4.81. The first kappa shape index (κ1) is 20.0. The second-order valence-corrected chi connectivity index (χ2v) is 7.37. The number of ether oxygens (including phenoxy) is 1. The number of carbonyl (C=O) groups excluding carboxylic acids is 1. The first-order valence-corrected chi connectivity index (χ1v) is 9.44. The predicted octanol–water partition coefficient (Wildman–Crippen LogP) is 4.54. The van der Waals surface area contributed by atoms with E-state index in [2.05, 4.69) is 5.10 Å². The molecule has 3 rings (SSSR count). The normalized spacial score (nSPS) is 10.8. The van der Waals surface area contributed by atoms with E-state index in [4.69, 9.17) is 16.3 Å². The number of hydrogen-bond acceptors (Lipinski definition) is 3. The third-order valence-electron chi connectivity index (χ3n) is 4.75. The van der Waals surface area contributed by atoms with E-state index in [1.165, 1.54) is 0 Å². The Bertz CT molecular complexity index is 997. The number of amides is 1. The summed E-state index contributed by atoms with van der Waals surface area (Å²) >= 11 is 6.18. The second-order valence-electron chi connectivity index (χ2n) is 6.96. The van der Waals surface area contributed by atoms with Crippen LogP contribution >= 0.6 is 11.6 Å². The lowest BCUT2D eigenvalue weighted by molar-refractivity contribution is 0.0784. The van der Waals surface area contributed by atoms with Crippen molar-refractivity contribution in [2.45, 2.75) is 27.0 Å². The molecule has 0 aliphatic carbocycles. The van der Waals surface area contributed by atoms with Crippen LogP contribution in [0.15, 0.2) is 48.7 Å². The first-order valence-electron chi connectivity index (χ1n) is 9.06. The number of hydrogen-bond donors (Lipinski definition) is 0. The van der Waals surface area contributed by atoms with Gasteiger partial charge in [0.15, 0.2) is 0 Å². The molecular weight excluding hydrogens is 374 g/mol. The minimum atomic E-state index is -0.0429. The van der Waals surface area contributed by atoms with Crippen LogP contribution in [0.25, 0.3) is 0 Å². The van der Waals surface area contributed by atoms with Gasteiger partial charge in [-0.3, -0.25) is 9.48 Å². The Morgan fingerprint density at radius 3 is 2.71 bits per heavy atom. The van der Waals surface area contributed by atoms with Gasteiger partial charge >= 0.3 is 0 Å². The van der Waals surface area contributed by atoms with E-state index in [-0.39, 0.29) is 5.91 Å². The average molecular weight is 398 g/mol. The zero-order valence-corrected chi connectivity index (χ0v) is 17.3. The van der Waals surface area contributed by atoms with Gasteiger partial charge in [0.2, 0.25) is 0 Å². The predicted molar refractivity (Wildman–Crippen MR) is 111 cm³/mol. The quantitative estimate of drug-likeness (QED) is 0.613. The van der Waals surface area contributed by atoms with Gasteiger partial charge in [0.1, 0.15) is 12.4 Å². The van der Waals surface area contributed by atoms with Crippen LogP contribution in [-0.4, -0.2) is 27.6 Å². The molecule has 1 heterocycles. The molecule has 6 heteroatoms. The maximum absolute atomic E-state index is 12.8. The Morgan fingerprint density at radius 1 is 1.21 bits per heavy atom. The van der Waals surface area contributed by atoms with E-state index in [0.717, 1.165) is 22.4 Å². The molecule has 1 aromatic heterocycles. The van der Waals surface area contributed by atoms with E-state index in [9.17, 15) is 4.79 Å².